The van der Waals surface area contributed by atoms with Gasteiger partial charge in [0.05, 0.1) is 12.3 Å². The highest BCUT2D eigenvalue weighted by molar-refractivity contribution is 5.77. The largest absolute Gasteiger partial charge is 0.494 e. The number of aromatic nitrogens is 4. The van der Waals surface area contributed by atoms with Gasteiger partial charge < -0.3 is 14.6 Å². The number of carboxylic acid groups (broad SMARTS) is 1. The fraction of sp³-hybridized carbons (Fsp3) is 0.478. The molecule has 0 amide bonds. The van der Waals surface area contributed by atoms with Crippen molar-refractivity contribution >= 4 is 17.0 Å². The van der Waals surface area contributed by atoms with E-state index in [2.05, 4.69) is 17.0 Å². The molecule has 3 aromatic rings. The van der Waals surface area contributed by atoms with E-state index in [4.69, 9.17) is 14.6 Å². The summed E-state index contributed by atoms with van der Waals surface area (Å²) >= 11 is 0. The van der Waals surface area contributed by atoms with Crippen molar-refractivity contribution in [3.05, 3.63) is 46.1 Å². The molecule has 3 rings (SSSR count). The van der Waals surface area contributed by atoms with E-state index in [1.54, 1.807) is 40.6 Å². The van der Waals surface area contributed by atoms with Crippen LogP contribution in [0.15, 0.2) is 29.1 Å². The Labute approximate surface area is 186 Å². The number of benzene rings is 1. The monoisotopic (exact) mass is 442 g/mol. The van der Waals surface area contributed by atoms with Crippen LogP contribution in [0.25, 0.3) is 11.0 Å². The number of nitrogens with zero attached hydrogens (tertiary/aromatic N) is 4. The first kappa shape index (κ1) is 23.3. The lowest BCUT2D eigenvalue weighted by Crippen LogP contribution is -2.37. The number of rotatable bonds is 10. The summed E-state index contributed by atoms with van der Waals surface area (Å²) < 4.78 is 14.5. The highest BCUT2D eigenvalue weighted by atomic mass is 16.5. The van der Waals surface area contributed by atoms with Gasteiger partial charge in [0.15, 0.2) is 11.1 Å². The van der Waals surface area contributed by atoms with Crippen LogP contribution in [0.1, 0.15) is 45.1 Å². The zero-order valence-electron chi connectivity index (χ0n) is 19.2. The Balaban J connectivity index is 1.62. The second-order valence-electron chi connectivity index (χ2n) is 8.22. The van der Waals surface area contributed by atoms with Crippen LogP contribution < -0.4 is 15.0 Å². The third kappa shape index (κ3) is 4.92. The molecule has 0 fully saturated rings. The molecule has 0 bridgehead atoms. The molecule has 1 aromatic carbocycles. The molecule has 32 heavy (non-hydrogen) atoms. The van der Waals surface area contributed by atoms with Gasteiger partial charge in [-0.2, -0.15) is 5.10 Å². The molecule has 1 N–H and O–H groups in total. The summed E-state index contributed by atoms with van der Waals surface area (Å²) in [5, 5.41) is 13.6. The molecular formula is C23H30N4O5. The van der Waals surface area contributed by atoms with E-state index in [0.717, 1.165) is 18.5 Å². The lowest BCUT2D eigenvalue weighted by Gasteiger charge is -2.21. The summed E-state index contributed by atoms with van der Waals surface area (Å²) in [6.07, 6.45) is 2.36. The number of carboxylic acids is 1. The van der Waals surface area contributed by atoms with Crippen LogP contribution in [-0.4, -0.2) is 42.6 Å². The fourth-order valence-corrected chi connectivity index (χ4v) is 3.45. The average Bonchev–Trinajstić information content (AvgIpc) is 3.03. The second-order valence-corrected chi connectivity index (χ2v) is 8.22. The van der Waals surface area contributed by atoms with Crippen LogP contribution in [0.2, 0.25) is 0 Å². The molecule has 2 heterocycles. The summed E-state index contributed by atoms with van der Waals surface area (Å²) in [6, 6.07) is 6.79. The van der Waals surface area contributed by atoms with E-state index in [9.17, 15) is 9.59 Å². The molecule has 0 spiro atoms. The minimum Gasteiger partial charge on any atom is -0.494 e. The number of aliphatic carboxylic acids is 1. The minimum absolute atomic E-state index is 0.0904. The van der Waals surface area contributed by atoms with Crippen LogP contribution >= 0.6 is 0 Å². The lowest BCUT2D eigenvalue weighted by atomic mass is 10.1. The Morgan fingerprint density at radius 1 is 1.19 bits per heavy atom. The Morgan fingerprint density at radius 3 is 2.47 bits per heavy atom. The van der Waals surface area contributed by atoms with Crippen molar-refractivity contribution in [1.29, 1.82) is 0 Å². The van der Waals surface area contributed by atoms with Gasteiger partial charge in [0.1, 0.15) is 22.8 Å². The number of fused-ring (bicyclic) bond motifs is 1. The van der Waals surface area contributed by atoms with Crippen molar-refractivity contribution in [3.8, 4) is 11.5 Å². The predicted molar refractivity (Wildman–Crippen MR) is 120 cm³/mol. The van der Waals surface area contributed by atoms with Crippen LogP contribution in [-0.2, 0) is 24.8 Å². The Kier molecular flexibility index (Phi) is 6.86. The highest BCUT2D eigenvalue weighted by Gasteiger charge is 2.29. The average molecular weight is 443 g/mol. The van der Waals surface area contributed by atoms with Crippen molar-refractivity contribution in [2.24, 2.45) is 7.05 Å². The molecule has 0 radical (unpaired) electrons. The molecule has 0 saturated carbocycles. The van der Waals surface area contributed by atoms with Gasteiger partial charge in [-0.1, -0.05) is 13.3 Å². The zero-order valence-corrected chi connectivity index (χ0v) is 19.2. The standard InChI is InChI=1S/C23H30N4O5/c1-6-8-18-19-20(26(5)25-18)21(28)27(15(2)24-19)13-7-14-31-16-9-11-17(12-10-16)32-23(3,4)22(29)30/h9-12H,6-8,13-14H2,1-5H3,(H,29,30). The molecule has 2 aromatic heterocycles. The van der Waals surface area contributed by atoms with Crippen LogP contribution in [0, 0.1) is 6.92 Å². The van der Waals surface area contributed by atoms with Gasteiger partial charge in [-0.25, -0.2) is 9.78 Å². The van der Waals surface area contributed by atoms with Crippen molar-refractivity contribution in [3.63, 3.8) is 0 Å². The molecule has 9 heteroatoms. The van der Waals surface area contributed by atoms with E-state index >= 15 is 0 Å². The van der Waals surface area contributed by atoms with Crippen LogP contribution in [0.4, 0.5) is 0 Å². The van der Waals surface area contributed by atoms with Gasteiger partial charge in [0.2, 0.25) is 0 Å². The smallest absolute Gasteiger partial charge is 0.347 e. The molecule has 0 saturated heterocycles. The predicted octanol–water partition coefficient (Wildman–Crippen LogP) is 3.10. The van der Waals surface area contributed by atoms with Gasteiger partial charge in [-0.15, -0.1) is 0 Å². The van der Waals surface area contributed by atoms with Crippen molar-refractivity contribution in [1.82, 2.24) is 19.3 Å². The number of hydrogen-bond donors (Lipinski definition) is 1. The molecule has 0 atom stereocenters. The maximum absolute atomic E-state index is 13.0. The maximum Gasteiger partial charge on any atom is 0.347 e. The number of ether oxygens (including phenoxy) is 2. The molecule has 0 aliphatic heterocycles. The summed E-state index contributed by atoms with van der Waals surface area (Å²) in [4.78, 5) is 28.8. The Bertz CT molecular complexity index is 1160. The lowest BCUT2D eigenvalue weighted by molar-refractivity contribution is -0.152. The van der Waals surface area contributed by atoms with Crippen LogP contribution in [0.5, 0.6) is 11.5 Å². The van der Waals surface area contributed by atoms with E-state index in [0.29, 0.717) is 47.9 Å². The first-order valence-corrected chi connectivity index (χ1v) is 10.7. The van der Waals surface area contributed by atoms with E-state index in [1.807, 2.05) is 6.92 Å². The summed E-state index contributed by atoms with van der Waals surface area (Å²) in [5.74, 6) is 0.711. The van der Waals surface area contributed by atoms with E-state index in [1.165, 1.54) is 13.8 Å². The number of carbonyl (C=O) groups is 1. The second kappa shape index (κ2) is 9.42. The molecule has 172 valence electrons. The summed E-state index contributed by atoms with van der Waals surface area (Å²) in [6.45, 7) is 7.79. The molecule has 0 aliphatic rings. The minimum atomic E-state index is -1.31. The van der Waals surface area contributed by atoms with Crippen molar-refractivity contribution in [2.45, 2.75) is 59.1 Å². The quantitative estimate of drug-likeness (QED) is 0.481. The highest BCUT2D eigenvalue weighted by Crippen LogP contribution is 2.22. The maximum atomic E-state index is 13.0. The summed E-state index contributed by atoms with van der Waals surface area (Å²) in [5.41, 5.74) is 0.679. The third-order valence-electron chi connectivity index (χ3n) is 5.20. The normalized spacial score (nSPS) is 11.7. The molecular weight excluding hydrogens is 412 g/mol. The molecule has 0 unspecified atom stereocenters. The van der Waals surface area contributed by atoms with E-state index < -0.39 is 11.6 Å². The van der Waals surface area contributed by atoms with Crippen molar-refractivity contribution in [2.75, 3.05) is 6.61 Å². The zero-order chi connectivity index (χ0) is 23.5. The first-order chi connectivity index (χ1) is 15.1. The van der Waals surface area contributed by atoms with E-state index in [-0.39, 0.29) is 5.56 Å². The number of aryl methyl sites for hydroxylation is 3. The fourth-order valence-electron chi connectivity index (χ4n) is 3.45. The SMILES string of the molecule is CCCc1nn(C)c2c(=O)n(CCCOc3ccc(OC(C)(C)C(=O)O)cc3)c(C)nc12. The Morgan fingerprint density at radius 2 is 1.84 bits per heavy atom. The van der Waals surface area contributed by atoms with Gasteiger partial charge in [-0.05, 0) is 57.9 Å². The topological polar surface area (TPSA) is 108 Å². The van der Waals surface area contributed by atoms with Gasteiger partial charge in [0.25, 0.3) is 5.56 Å². The van der Waals surface area contributed by atoms with Gasteiger partial charge in [0, 0.05) is 13.6 Å². The van der Waals surface area contributed by atoms with Gasteiger partial charge in [-0.3, -0.25) is 14.0 Å². The van der Waals surface area contributed by atoms with Gasteiger partial charge >= 0.3 is 5.97 Å². The van der Waals surface area contributed by atoms with Crippen LogP contribution in [0.3, 0.4) is 0 Å². The molecule has 9 nitrogen and oxygen atoms in total. The number of hydrogen-bond acceptors (Lipinski definition) is 6. The third-order valence-corrected chi connectivity index (χ3v) is 5.20. The first-order valence-electron chi connectivity index (χ1n) is 10.7. The Hall–Kier alpha value is -3.36. The molecule has 0 aliphatic carbocycles. The van der Waals surface area contributed by atoms with Crippen molar-refractivity contribution < 1.29 is 19.4 Å². The summed E-state index contributed by atoms with van der Waals surface area (Å²) in [7, 11) is 1.78.